The molecule has 1 unspecified atom stereocenters. The highest BCUT2D eigenvalue weighted by Crippen LogP contribution is 2.03. The number of carboxylic acids is 1. The van der Waals surface area contributed by atoms with Crippen molar-refractivity contribution in [3.63, 3.8) is 0 Å². The summed E-state index contributed by atoms with van der Waals surface area (Å²) >= 11 is 0. The van der Waals surface area contributed by atoms with Crippen LogP contribution in [0.2, 0.25) is 0 Å². The Hall–Kier alpha value is -1.34. The molecule has 0 saturated carbocycles. The molecule has 1 fully saturated rings. The number of amides is 2. The zero-order chi connectivity index (χ0) is 15.8. The van der Waals surface area contributed by atoms with Gasteiger partial charge in [-0.25, -0.2) is 4.79 Å². The van der Waals surface area contributed by atoms with Gasteiger partial charge in [-0.05, 0) is 20.5 Å². The maximum Gasteiger partial charge on any atom is 0.317 e. The Balaban J connectivity index is 2.18. The van der Waals surface area contributed by atoms with E-state index in [0.717, 1.165) is 39.3 Å². The SMILES string of the molecule is CC(CCNC(=O)N1CCN(CCN(C)C)CC1)C(=O)O. The van der Waals surface area contributed by atoms with Gasteiger partial charge in [0.05, 0.1) is 5.92 Å². The Morgan fingerprint density at radius 2 is 1.86 bits per heavy atom. The Labute approximate surface area is 126 Å². The lowest BCUT2D eigenvalue weighted by Crippen LogP contribution is -2.52. The van der Waals surface area contributed by atoms with Crippen molar-refractivity contribution in [1.82, 2.24) is 20.0 Å². The highest BCUT2D eigenvalue weighted by molar-refractivity contribution is 5.74. The van der Waals surface area contributed by atoms with Crippen molar-refractivity contribution in [2.24, 2.45) is 5.92 Å². The van der Waals surface area contributed by atoms with Gasteiger partial charge in [0.2, 0.25) is 0 Å². The van der Waals surface area contributed by atoms with Gasteiger partial charge >= 0.3 is 12.0 Å². The van der Waals surface area contributed by atoms with Crippen LogP contribution in [-0.4, -0.2) is 91.7 Å². The minimum absolute atomic E-state index is 0.0835. The standard InChI is InChI=1S/C14H28N4O3/c1-12(13(19)20)4-5-15-14(21)18-10-8-17(9-11-18)7-6-16(2)3/h12H,4-11H2,1-3H3,(H,15,21)(H,19,20). The summed E-state index contributed by atoms with van der Waals surface area (Å²) in [7, 11) is 4.11. The molecule has 0 aromatic heterocycles. The summed E-state index contributed by atoms with van der Waals surface area (Å²) < 4.78 is 0. The van der Waals surface area contributed by atoms with Gasteiger partial charge in [-0.15, -0.1) is 0 Å². The maximum atomic E-state index is 12.0. The van der Waals surface area contributed by atoms with Crippen LogP contribution in [0.3, 0.4) is 0 Å². The van der Waals surface area contributed by atoms with Crippen molar-refractivity contribution >= 4 is 12.0 Å². The third-order valence-corrected chi connectivity index (χ3v) is 3.80. The molecule has 1 atom stereocenters. The van der Waals surface area contributed by atoms with Gasteiger partial charge in [-0.2, -0.15) is 0 Å². The molecule has 0 aromatic rings. The van der Waals surface area contributed by atoms with Gasteiger partial charge in [0, 0.05) is 45.8 Å². The number of likely N-dealkylation sites (N-methyl/N-ethyl adjacent to an activating group) is 1. The number of hydrogen-bond donors (Lipinski definition) is 2. The molecule has 1 aliphatic rings. The fourth-order valence-corrected chi connectivity index (χ4v) is 2.15. The van der Waals surface area contributed by atoms with Crippen molar-refractivity contribution < 1.29 is 14.7 Å². The van der Waals surface area contributed by atoms with Gasteiger partial charge in [0.15, 0.2) is 0 Å². The molecule has 21 heavy (non-hydrogen) atoms. The van der Waals surface area contributed by atoms with Crippen molar-refractivity contribution in [3.8, 4) is 0 Å². The number of carbonyl (C=O) groups is 2. The average Bonchev–Trinajstić information content (AvgIpc) is 2.45. The highest BCUT2D eigenvalue weighted by Gasteiger charge is 2.21. The Bertz CT molecular complexity index is 341. The Morgan fingerprint density at radius 1 is 1.24 bits per heavy atom. The summed E-state index contributed by atoms with van der Waals surface area (Å²) in [5, 5.41) is 11.6. The summed E-state index contributed by atoms with van der Waals surface area (Å²) in [6.07, 6.45) is 0.462. The monoisotopic (exact) mass is 300 g/mol. The van der Waals surface area contributed by atoms with Crippen LogP contribution in [-0.2, 0) is 4.79 Å². The first-order valence-corrected chi connectivity index (χ1v) is 7.53. The molecule has 0 aliphatic carbocycles. The minimum Gasteiger partial charge on any atom is -0.481 e. The van der Waals surface area contributed by atoms with Gasteiger partial charge in [0.1, 0.15) is 0 Å². The molecule has 0 aromatic carbocycles. The van der Waals surface area contributed by atoms with Crippen molar-refractivity contribution in [3.05, 3.63) is 0 Å². The third kappa shape index (κ3) is 6.77. The lowest BCUT2D eigenvalue weighted by molar-refractivity contribution is -0.141. The number of piperazine rings is 1. The van der Waals surface area contributed by atoms with Crippen LogP contribution in [0.15, 0.2) is 0 Å². The number of nitrogens with one attached hydrogen (secondary N) is 1. The van der Waals surface area contributed by atoms with Crippen LogP contribution in [0, 0.1) is 5.92 Å². The lowest BCUT2D eigenvalue weighted by atomic mass is 10.1. The van der Waals surface area contributed by atoms with E-state index in [4.69, 9.17) is 5.11 Å². The molecular weight excluding hydrogens is 272 g/mol. The van der Waals surface area contributed by atoms with Crippen LogP contribution in [0.25, 0.3) is 0 Å². The second-order valence-corrected chi connectivity index (χ2v) is 5.89. The molecule has 7 nitrogen and oxygen atoms in total. The van der Waals surface area contributed by atoms with E-state index in [0.29, 0.717) is 13.0 Å². The second kappa shape index (κ2) is 8.84. The number of urea groups is 1. The fourth-order valence-electron chi connectivity index (χ4n) is 2.15. The number of rotatable bonds is 7. The zero-order valence-corrected chi connectivity index (χ0v) is 13.3. The number of carboxylic acid groups (broad SMARTS) is 1. The van der Waals surface area contributed by atoms with Crippen LogP contribution < -0.4 is 5.32 Å². The van der Waals surface area contributed by atoms with Crippen LogP contribution in [0.5, 0.6) is 0 Å². The molecule has 7 heteroatoms. The third-order valence-electron chi connectivity index (χ3n) is 3.80. The predicted octanol–water partition coefficient (Wildman–Crippen LogP) is -0.0140. The highest BCUT2D eigenvalue weighted by atomic mass is 16.4. The smallest absolute Gasteiger partial charge is 0.317 e. The minimum atomic E-state index is -0.821. The summed E-state index contributed by atoms with van der Waals surface area (Å²) in [6, 6.07) is -0.0835. The topological polar surface area (TPSA) is 76.1 Å². The number of hydrogen-bond acceptors (Lipinski definition) is 4. The first-order chi connectivity index (χ1) is 9.90. The van der Waals surface area contributed by atoms with Gasteiger partial charge in [0.25, 0.3) is 0 Å². The Morgan fingerprint density at radius 3 is 2.38 bits per heavy atom. The van der Waals surface area contributed by atoms with Gasteiger partial charge in [-0.1, -0.05) is 6.92 Å². The van der Waals surface area contributed by atoms with E-state index in [9.17, 15) is 9.59 Å². The molecule has 0 radical (unpaired) electrons. The van der Waals surface area contributed by atoms with E-state index in [1.165, 1.54) is 0 Å². The Kier molecular flexibility index (Phi) is 7.45. The second-order valence-electron chi connectivity index (χ2n) is 5.89. The van der Waals surface area contributed by atoms with Crippen molar-refractivity contribution in [1.29, 1.82) is 0 Å². The first kappa shape index (κ1) is 17.7. The van der Waals surface area contributed by atoms with E-state index in [1.54, 1.807) is 11.8 Å². The predicted molar refractivity (Wildman–Crippen MR) is 81.4 cm³/mol. The van der Waals surface area contributed by atoms with E-state index in [2.05, 4.69) is 29.2 Å². The van der Waals surface area contributed by atoms with Gasteiger partial charge in [-0.3, -0.25) is 9.69 Å². The molecule has 2 N–H and O–H groups in total. The maximum absolute atomic E-state index is 12.0. The summed E-state index contributed by atoms with van der Waals surface area (Å²) in [5.41, 5.74) is 0. The van der Waals surface area contributed by atoms with Crippen molar-refractivity contribution in [2.75, 3.05) is 59.9 Å². The molecule has 1 rings (SSSR count). The molecule has 2 amide bonds. The quantitative estimate of drug-likeness (QED) is 0.691. The summed E-state index contributed by atoms with van der Waals surface area (Å²) in [6.45, 7) is 7.37. The van der Waals surface area contributed by atoms with Crippen LogP contribution in [0.1, 0.15) is 13.3 Å². The molecule has 122 valence electrons. The zero-order valence-electron chi connectivity index (χ0n) is 13.3. The number of carbonyl (C=O) groups excluding carboxylic acids is 1. The van der Waals surface area contributed by atoms with Crippen LogP contribution in [0.4, 0.5) is 4.79 Å². The molecule has 1 saturated heterocycles. The normalized spacial score (nSPS) is 17.8. The summed E-state index contributed by atoms with van der Waals surface area (Å²) in [5.74, 6) is -1.24. The van der Waals surface area contributed by atoms with E-state index in [1.807, 2.05) is 0 Å². The summed E-state index contributed by atoms with van der Waals surface area (Å²) in [4.78, 5) is 29.0. The lowest BCUT2D eigenvalue weighted by Gasteiger charge is -2.35. The fraction of sp³-hybridized carbons (Fsp3) is 0.857. The number of nitrogens with zero attached hydrogens (tertiary/aromatic N) is 3. The van der Waals surface area contributed by atoms with Crippen LogP contribution >= 0.6 is 0 Å². The molecular formula is C14H28N4O3. The molecule has 1 heterocycles. The average molecular weight is 300 g/mol. The van der Waals surface area contributed by atoms with E-state index < -0.39 is 11.9 Å². The van der Waals surface area contributed by atoms with Gasteiger partial charge < -0.3 is 20.2 Å². The molecule has 1 aliphatic heterocycles. The largest absolute Gasteiger partial charge is 0.481 e. The number of aliphatic carboxylic acids is 1. The van der Waals surface area contributed by atoms with E-state index in [-0.39, 0.29) is 6.03 Å². The van der Waals surface area contributed by atoms with Crippen molar-refractivity contribution in [2.45, 2.75) is 13.3 Å². The van der Waals surface area contributed by atoms with E-state index >= 15 is 0 Å². The first-order valence-electron chi connectivity index (χ1n) is 7.53. The molecule has 0 spiro atoms. The molecule has 0 bridgehead atoms.